The van der Waals surface area contributed by atoms with Gasteiger partial charge in [0.05, 0.1) is 18.8 Å². The van der Waals surface area contributed by atoms with Crippen LogP contribution in [0.3, 0.4) is 0 Å². The lowest BCUT2D eigenvalue weighted by molar-refractivity contribution is -0.156. The Morgan fingerprint density at radius 3 is 2.25 bits per heavy atom. The molecule has 2 atom stereocenters. The van der Waals surface area contributed by atoms with E-state index in [0.29, 0.717) is 18.4 Å². The van der Waals surface area contributed by atoms with Gasteiger partial charge in [0, 0.05) is 19.5 Å². The largest absolute Gasteiger partial charge is 0.464 e. The molecule has 1 aliphatic carbocycles. The van der Waals surface area contributed by atoms with Crippen molar-refractivity contribution in [3.8, 4) is 0 Å². The molecule has 32 heavy (non-hydrogen) atoms. The summed E-state index contributed by atoms with van der Waals surface area (Å²) in [6, 6.07) is 2.33. The highest BCUT2D eigenvalue weighted by molar-refractivity contribution is 5.81. The highest BCUT2D eigenvalue weighted by Crippen LogP contribution is 2.30. The van der Waals surface area contributed by atoms with Crippen LogP contribution < -0.4 is 10.6 Å². The minimum absolute atomic E-state index is 0.0212. The van der Waals surface area contributed by atoms with Crippen LogP contribution >= 0.6 is 0 Å². The third-order valence-electron chi connectivity index (χ3n) is 5.61. The number of esters is 1. The Morgan fingerprint density at radius 1 is 1.12 bits per heavy atom. The number of hydrogen-bond acceptors (Lipinski definition) is 5. The molecule has 0 saturated heterocycles. The molecule has 2 rings (SSSR count). The van der Waals surface area contributed by atoms with Crippen LogP contribution in [0, 0.1) is 17.0 Å². The Hall–Kier alpha value is -2.06. The predicted octanol–water partition coefficient (Wildman–Crippen LogP) is 3.25. The Bertz CT molecular complexity index is 768. The number of nitrogens with one attached hydrogen (secondary N) is 2. The molecule has 0 aliphatic heterocycles. The third-order valence-corrected chi connectivity index (χ3v) is 5.61. The van der Waals surface area contributed by atoms with Crippen LogP contribution in [0.25, 0.3) is 0 Å². The van der Waals surface area contributed by atoms with Gasteiger partial charge in [-0.3, -0.25) is 14.9 Å². The average molecular weight is 455 g/mol. The first-order valence-electron chi connectivity index (χ1n) is 11.2. The standard InChI is InChI=1S/C24H36F2N2O4/c1-16(29)28-20(12-17-10-18(25)13-19(26)11-17)21(30)14-27-24(8-6-5-7-9-24)22(31)32-15-23(2,3)4/h10-11,13,20-21,27,30H,5-9,12,14-15H2,1-4H3,(H,28,29)/t20-,21+/m0/s1. The molecule has 1 saturated carbocycles. The lowest BCUT2D eigenvalue weighted by Gasteiger charge is -2.38. The van der Waals surface area contributed by atoms with Gasteiger partial charge in [0.2, 0.25) is 5.91 Å². The fraction of sp³-hybridized carbons (Fsp3) is 0.667. The van der Waals surface area contributed by atoms with Crippen LogP contribution in [0.1, 0.15) is 65.4 Å². The lowest BCUT2D eigenvalue weighted by Crippen LogP contribution is -2.58. The zero-order chi connectivity index (χ0) is 23.9. The molecule has 3 N–H and O–H groups in total. The van der Waals surface area contributed by atoms with Crippen LogP contribution in [-0.2, 0) is 20.7 Å². The molecule has 0 aromatic heterocycles. The fourth-order valence-electron chi connectivity index (χ4n) is 4.00. The van der Waals surface area contributed by atoms with Crippen LogP contribution in [0.5, 0.6) is 0 Å². The van der Waals surface area contributed by atoms with Gasteiger partial charge in [0.25, 0.3) is 0 Å². The van der Waals surface area contributed by atoms with Crippen molar-refractivity contribution < 1.29 is 28.2 Å². The maximum absolute atomic E-state index is 13.6. The molecule has 6 nitrogen and oxygen atoms in total. The van der Waals surface area contributed by atoms with E-state index in [4.69, 9.17) is 4.74 Å². The number of rotatable bonds is 9. The Labute approximate surface area is 189 Å². The first-order chi connectivity index (χ1) is 14.9. The van der Waals surface area contributed by atoms with Crippen molar-refractivity contribution in [3.63, 3.8) is 0 Å². The number of aliphatic hydroxyl groups is 1. The van der Waals surface area contributed by atoms with Crippen molar-refractivity contribution >= 4 is 11.9 Å². The number of halogens is 2. The topological polar surface area (TPSA) is 87.7 Å². The maximum Gasteiger partial charge on any atom is 0.326 e. The highest BCUT2D eigenvalue weighted by Gasteiger charge is 2.41. The van der Waals surface area contributed by atoms with Crippen molar-refractivity contribution in [1.82, 2.24) is 10.6 Å². The van der Waals surface area contributed by atoms with Gasteiger partial charge in [0.15, 0.2) is 0 Å². The van der Waals surface area contributed by atoms with Gasteiger partial charge in [-0.1, -0.05) is 40.0 Å². The Kier molecular flexibility index (Phi) is 9.16. The number of amides is 1. The van der Waals surface area contributed by atoms with Gasteiger partial charge in [-0.25, -0.2) is 8.78 Å². The molecule has 1 aromatic rings. The Balaban J connectivity index is 2.10. The zero-order valence-corrected chi connectivity index (χ0v) is 19.5. The monoisotopic (exact) mass is 454 g/mol. The second kappa shape index (κ2) is 11.2. The molecular weight excluding hydrogens is 418 g/mol. The molecule has 0 radical (unpaired) electrons. The van der Waals surface area contributed by atoms with Crippen molar-refractivity contribution in [1.29, 1.82) is 0 Å². The van der Waals surface area contributed by atoms with Gasteiger partial charge < -0.3 is 15.2 Å². The summed E-state index contributed by atoms with van der Waals surface area (Å²) in [5.41, 5.74) is -0.741. The molecule has 0 spiro atoms. The number of benzene rings is 1. The number of carbonyl (C=O) groups excluding carboxylic acids is 2. The summed E-state index contributed by atoms with van der Waals surface area (Å²) in [7, 11) is 0. The van der Waals surface area contributed by atoms with E-state index in [0.717, 1.165) is 25.3 Å². The van der Waals surface area contributed by atoms with E-state index in [1.54, 1.807) is 0 Å². The van der Waals surface area contributed by atoms with Crippen LogP contribution in [0.2, 0.25) is 0 Å². The minimum Gasteiger partial charge on any atom is -0.464 e. The summed E-state index contributed by atoms with van der Waals surface area (Å²) >= 11 is 0. The molecule has 1 aliphatic rings. The van der Waals surface area contributed by atoms with E-state index in [9.17, 15) is 23.5 Å². The zero-order valence-electron chi connectivity index (χ0n) is 19.5. The summed E-state index contributed by atoms with van der Waals surface area (Å²) in [5.74, 6) is -2.15. The van der Waals surface area contributed by atoms with Crippen molar-refractivity contribution in [2.45, 2.75) is 83.9 Å². The highest BCUT2D eigenvalue weighted by atomic mass is 19.1. The summed E-state index contributed by atoms with van der Waals surface area (Å²) < 4.78 is 32.7. The molecule has 0 unspecified atom stereocenters. The lowest BCUT2D eigenvalue weighted by atomic mass is 9.81. The predicted molar refractivity (Wildman–Crippen MR) is 118 cm³/mol. The van der Waals surface area contributed by atoms with Gasteiger partial charge in [0.1, 0.15) is 17.2 Å². The number of aliphatic hydroxyl groups excluding tert-OH is 1. The maximum atomic E-state index is 13.6. The van der Waals surface area contributed by atoms with Gasteiger partial charge in [-0.15, -0.1) is 0 Å². The molecule has 8 heteroatoms. The SMILES string of the molecule is CC(=O)N[C@@H](Cc1cc(F)cc(F)c1)[C@H](O)CNC1(C(=O)OCC(C)(C)C)CCCCC1. The summed E-state index contributed by atoms with van der Waals surface area (Å²) in [5, 5.41) is 16.7. The first kappa shape index (κ1) is 26.2. The molecule has 0 heterocycles. The molecule has 1 amide bonds. The number of β-amino-alcohol motifs (C(OH)–C–C–N with tert-alkyl or cyclic N) is 1. The summed E-state index contributed by atoms with van der Waals surface area (Å²) in [6.45, 7) is 7.57. The van der Waals surface area contributed by atoms with Gasteiger partial charge in [-0.2, -0.15) is 0 Å². The number of carbonyl (C=O) groups is 2. The number of hydrogen-bond donors (Lipinski definition) is 3. The van der Waals surface area contributed by atoms with Gasteiger partial charge in [-0.05, 0) is 42.4 Å². The van der Waals surface area contributed by atoms with E-state index in [-0.39, 0.29) is 36.9 Å². The normalized spacial score (nSPS) is 18.0. The minimum atomic E-state index is -1.08. The average Bonchev–Trinajstić information content (AvgIpc) is 2.68. The first-order valence-corrected chi connectivity index (χ1v) is 11.2. The fourth-order valence-corrected chi connectivity index (χ4v) is 4.00. The van der Waals surface area contributed by atoms with E-state index in [2.05, 4.69) is 10.6 Å². The van der Waals surface area contributed by atoms with Crippen LogP contribution in [0.4, 0.5) is 8.78 Å². The molecule has 180 valence electrons. The van der Waals surface area contributed by atoms with Crippen molar-refractivity contribution in [3.05, 3.63) is 35.4 Å². The quantitative estimate of drug-likeness (QED) is 0.499. The smallest absolute Gasteiger partial charge is 0.326 e. The number of ether oxygens (including phenoxy) is 1. The second-order valence-corrected chi connectivity index (χ2v) is 10.0. The van der Waals surface area contributed by atoms with E-state index < -0.39 is 29.3 Å². The van der Waals surface area contributed by atoms with E-state index >= 15 is 0 Å². The molecule has 1 aromatic carbocycles. The van der Waals surface area contributed by atoms with Crippen LogP contribution in [-0.4, -0.2) is 47.8 Å². The van der Waals surface area contributed by atoms with Gasteiger partial charge >= 0.3 is 5.97 Å². The van der Waals surface area contributed by atoms with E-state index in [1.807, 2.05) is 20.8 Å². The second-order valence-electron chi connectivity index (χ2n) is 10.0. The molecule has 0 bridgehead atoms. The molecule has 1 fully saturated rings. The molecular formula is C24H36F2N2O4. The van der Waals surface area contributed by atoms with Crippen molar-refractivity contribution in [2.75, 3.05) is 13.2 Å². The Morgan fingerprint density at radius 2 is 1.72 bits per heavy atom. The summed E-state index contributed by atoms with van der Waals surface area (Å²) in [4.78, 5) is 24.6. The third kappa shape index (κ3) is 8.13. The van der Waals surface area contributed by atoms with E-state index in [1.165, 1.54) is 19.1 Å². The van der Waals surface area contributed by atoms with Crippen molar-refractivity contribution in [2.24, 2.45) is 5.41 Å². The summed E-state index contributed by atoms with van der Waals surface area (Å²) in [6.07, 6.45) is 2.91. The van der Waals surface area contributed by atoms with Crippen LogP contribution in [0.15, 0.2) is 18.2 Å².